The van der Waals surface area contributed by atoms with Gasteiger partial charge in [0.15, 0.2) is 0 Å². The summed E-state index contributed by atoms with van der Waals surface area (Å²) in [5.74, 6) is 0. The van der Waals surface area contributed by atoms with Crippen molar-refractivity contribution in [3.63, 3.8) is 0 Å². The molecule has 0 aliphatic heterocycles. The predicted octanol–water partition coefficient (Wildman–Crippen LogP) is 1.96. The average molecular weight is 227 g/mol. The van der Waals surface area contributed by atoms with Gasteiger partial charge in [-0.1, -0.05) is 19.3 Å². The Kier molecular flexibility index (Phi) is 4.22. The summed E-state index contributed by atoms with van der Waals surface area (Å²) < 4.78 is 11.0. The second kappa shape index (κ2) is 5.48. The third-order valence-corrected chi connectivity index (χ3v) is 4.52. The number of rotatable bonds is 5. The molecule has 0 amide bonds. The summed E-state index contributed by atoms with van der Waals surface area (Å²) in [6.45, 7) is 1.47. The topological polar surface area (TPSA) is 30.5 Å². The van der Waals surface area contributed by atoms with Gasteiger partial charge in [0.1, 0.15) is 0 Å². The first kappa shape index (κ1) is 12.3. The lowest BCUT2D eigenvalue weighted by Gasteiger charge is -2.57. The SMILES string of the molecule is CNC1CC(OCCOC)C12CCCCC2. The van der Waals surface area contributed by atoms with E-state index in [0.717, 1.165) is 13.2 Å². The summed E-state index contributed by atoms with van der Waals surface area (Å²) in [5.41, 5.74) is 0.445. The Labute approximate surface area is 98.9 Å². The molecule has 16 heavy (non-hydrogen) atoms. The van der Waals surface area contributed by atoms with E-state index in [1.807, 2.05) is 0 Å². The van der Waals surface area contributed by atoms with Crippen LogP contribution in [0.25, 0.3) is 0 Å². The van der Waals surface area contributed by atoms with Crippen LogP contribution < -0.4 is 5.32 Å². The fraction of sp³-hybridized carbons (Fsp3) is 1.00. The quantitative estimate of drug-likeness (QED) is 0.728. The molecule has 2 aliphatic rings. The number of ether oxygens (including phenoxy) is 2. The van der Waals surface area contributed by atoms with Crippen molar-refractivity contribution in [3.05, 3.63) is 0 Å². The number of hydrogen-bond acceptors (Lipinski definition) is 3. The fourth-order valence-corrected chi connectivity index (χ4v) is 3.54. The summed E-state index contributed by atoms with van der Waals surface area (Å²) in [5, 5.41) is 3.47. The fourth-order valence-electron chi connectivity index (χ4n) is 3.54. The molecule has 2 unspecified atom stereocenters. The minimum atomic E-state index is 0.445. The maximum Gasteiger partial charge on any atom is 0.0704 e. The molecule has 3 heteroatoms. The van der Waals surface area contributed by atoms with Crippen molar-refractivity contribution in [2.45, 2.75) is 50.7 Å². The third kappa shape index (κ3) is 2.13. The smallest absolute Gasteiger partial charge is 0.0704 e. The van der Waals surface area contributed by atoms with Crippen LogP contribution in [0.1, 0.15) is 38.5 Å². The maximum absolute atomic E-state index is 5.98. The van der Waals surface area contributed by atoms with Crippen molar-refractivity contribution in [2.75, 3.05) is 27.4 Å². The van der Waals surface area contributed by atoms with Gasteiger partial charge < -0.3 is 14.8 Å². The third-order valence-electron chi connectivity index (χ3n) is 4.52. The zero-order chi connectivity index (χ0) is 11.4. The largest absolute Gasteiger partial charge is 0.382 e. The van der Waals surface area contributed by atoms with Gasteiger partial charge in [-0.05, 0) is 26.3 Å². The van der Waals surface area contributed by atoms with Gasteiger partial charge in [-0.15, -0.1) is 0 Å². The molecule has 2 atom stereocenters. The van der Waals surface area contributed by atoms with E-state index < -0.39 is 0 Å². The van der Waals surface area contributed by atoms with E-state index in [9.17, 15) is 0 Å². The van der Waals surface area contributed by atoms with Crippen molar-refractivity contribution in [1.29, 1.82) is 0 Å². The first-order valence-electron chi connectivity index (χ1n) is 6.61. The van der Waals surface area contributed by atoms with Gasteiger partial charge >= 0.3 is 0 Å². The van der Waals surface area contributed by atoms with Gasteiger partial charge in [-0.3, -0.25) is 0 Å². The van der Waals surface area contributed by atoms with Crippen molar-refractivity contribution >= 4 is 0 Å². The van der Waals surface area contributed by atoms with E-state index in [-0.39, 0.29) is 0 Å². The molecule has 0 aromatic carbocycles. The predicted molar refractivity (Wildman–Crippen MR) is 64.6 cm³/mol. The van der Waals surface area contributed by atoms with E-state index in [1.165, 1.54) is 38.5 Å². The Balaban J connectivity index is 1.88. The molecule has 94 valence electrons. The molecule has 2 aliphatic carbocycles. The first-order valence-corrected chi connectivity index (χ1v) is 6.61. The van der Waals surface area contributed by atoms with Crippen LogP contribution in [0.4, 0.5) is 0 Å². The van der Waals surface area contributed by atoms with Crippen LogP contribution in [0.15, 0.2) is 0 Å². The molecule has 2 fully saturated rings. The highest BCUT2D eigenvalue weighted by Crippen LogP contribution is 2.53. The second-order valence-electron chi connectivity index (χ2n) is 5.22. The van der Waals surface area contributed by atoms with E-state index in [4.69, 9.17) is 9.47 Å². The zero-order valence-electron chi connectivity index (χ0n) is 10.6. The molecule has 0 aromatic rings. The monoisotopic (exact) mass is 227 g/mol. The normalized spacial score (nSPS) is 32.6. The standard InChI is InChI=1S/C13H25NO2/c1-14-11-10-12(16-9-8-15-2)13(11)6-4-3-5-7-13/h11-12,14H,3-10H2,1-2H3. The Morgan fingerprint density at radius 3 is 2.56 bits per heavy atom. The van der Waals surface area contributed by atoms with E-state index in [0.29, 0.717) is 17.6 Å². The van der Waals surface area contributed by atoms with Crippen LogP contribution in [0.2, 0.25) is 0 Å². The van der Waals surface area contributed by atoms with Gasteiger partial charge in [0.05, 0.1) is 19.3 Å². The molecule has 0 heterocycles. The van der Waals surface area contributed by atoms with Gasteiger partial charge in [0, 0.05) is 18.6 Å². The zero-order valence-corrected chi connectivity index (χ0v) is 10.6. The van der Waals surface area contributed by atoms with E-state index in [2.05, 4.69) is 12.4 Å². The van der Waals surface area contributed by atoms with Crippen LogP contribution in [0.5, 0.6) is 0 Å². The molecule has 2 rings (SSSR count). The van der Waals surface area contributed by atoms with Gasteiger partial charge in [-0.2, -0.15) is 0 Å². The minimum Gasteiger partial charge on any atom is -0.382 e. The lowest BCUT2D eigenvalue weighted by Crippen LogP contribution is -2.63. The minimum absolute atomic E-state index is 0.445. The number of nitrogens with one attached hydrogen (secondary N) is 1. The highest BCUT2D eigenvalue weighted by atomic mass is 16.5. The molecule has 2 saturated carbocycles. The molecule has 3 nitrogen and oxygen atoms in total. The Bertz CT molecular complexity index is 214. The second-order valence-corrected chi connectivity index (χ2v) is 5.22. The summed E-state index contributed by atoms with van der Waals surface area (Å²) in [6, 6.07) is 0.681. The van der Waals surface area contributed by atoms with Crippen molar-refractivity contribution in [2.24, 2.45) is 5.41 Å². The highest BCUT2D eigenvalue weighted by Gasteiger charge is 2.54. The van der Waals surface area contributed by atoms with Crippen LogP contribution in [-0.4, -0.2) is 39.5 Å². The molecule has 0 aromatic heterocycles. The van der Waals surface area contributed by atoms with Crippen molar-refractivity contribution < 1.29 is 9.47 Å². The number of hydrogen-bond donors (Lipinski definition) is 1. The molecule has 1 N–H and O–H groups in total. The maximum atomic E-state index is 5.98. The van der Waals surface area contributed by atoms with Crippen LogP contribution in [0, 0.1) is 5.41 Å². The average Bonchev–Trinajstić information content (AvgIpc) is 2.34. The molecule has 0 radical (unpaired) electrons. The van der Waals surface area contributed by atoms with Crippen molar-refractivity contribution in [3.8, 4) is 0 Å². The summed E-state index contributed by atoms with van der Waals surface area (Å²) >= 11 is 0. The van der Waals surface area contributed by atoms with Gasteiger partial charge in [0.2, 0.25) is 0 Å². The van der Waals surface area contributed by atoms with Crippen LogP contribution >= 0.6 is 0 Å². The lowest BCUT2D eigenvalue weighted by molar-refractivity contribution is -0.156. The Morgan fingerprint density at radius 1 is 1.19 bits per heavy atom. The van der Waals surface area contributed by atoms with Gasteiger partial charge in [0.25, 0.3) is 0 Å². The Hall–Kier alpha value is -0.120. The molecule has 0 saturated heterocycles. The first-order chi connectivity index (χ1) is 7.83. The summed E-state index contributed by atoms with van der Waals surface area (Å²) in [4.78, 5) is 0. The molecule has 1 spiro atoms. The van der Waals surface area contributed by atoms with Crippen molar-refractivity contribution in [1.82, 2.24) is 5.32 Å². The van der Waals surface area contributed by atoms with Crippen LogP contribution in [-0.2, 0) is 9.47 Å². The van der Waals surface area contributed by atoms with Crippen LogP contribution in [0.3, 0.4) is 0 Å². The lowest BCUT2D eigenvalue weighted by atomic mass is 9.55. The molecular formula is C13H25NO2. The molecule has 0 bridgehead atoms. The highest BCUT2D eigenvalue weighted by molar-refractivity contribution is 5.08. The summed E-state index contributed by atoms with van der Waals surface area (Å²) in [7, 11) is 3.82. The van der Waals surface area contributed by atoms with Gasteiger partial charge in [-0.25, -0.2) is 0 Å². The molecular weight excluding hydrogens is 202 g/mol. The Morgan fingerprint density at radius 2 is 1.94 bits per heavy atom. The number of methoxy groups -OCH3 is 1. The van der Waals surface area contributed by atoms with E-state index >= 15 is 0 Å². The van der Waals surface area contributed by atoms with E-state index in [1.54, 1.807) is 7.11 Å². The summed E-state index contributed by atoms with van der Waals surface area (Å²) in [6.07, 6.45) is 8.50.